The molecule has 0 saturated carbocycles. The Morgan fingerprint density at radius 2 is 1.96 bits per heavy atom. The summed E-state index contributed by atoms with van der Waals surface area (Å²) >= 11 is 0. The molecule has 0 spiro atoms. The summed E-state index contributed by atoms with van der Waals surface area (Å²) in [6.45, 7) is 2.29. The van der Waals surface area contributed by atoms with E-state index in [0.717, 1.165) is 43.2 Å². The molecule has 23 heavy (non-hydrogen) atoms. The van der Waals surface area contributed by atoms with Crippen molar-refractivity contribution in [2.75, 3.05) is 6.61 Å². The average molecular weight is 340 g/mol. The van der Waals surface area contributed by atoms with E-state index in [2.05, 4.69) is 0 Å². The van der Waals surface area contributed by atoms with Gasteiger partial charge >= 0.3 is 0 Å². The molecule has 0 bridgehead atoms. The third kappa shape index (κ3) is 3.57. The number of non-ortho nitro benzene ring substituents is 1. The van der Waals surface area contributed by atoms with Crippen LogP contribution in [0.2, 0.25) is 0 Å². The van der Waals surface area contributed by atoms with Crippen LogP contribution in [0.5, 0.6) is 0 Å². The predicted octanol–water partition coefficient (Wildman–Crippen LogP) is 1.82. The summed E-state index contributed by atoms with van der Waals surface area (Å²) in [7, 11) is -4.14. The van der Waals surface area contributed by atoms with Gasteiger partial charge in [-0.1, -0.05) is 13.3 Å². The van der Waals surface area contributed by atoms with Gasteiger partial charge in [-0.25, -0.2) is 12.7 Å². The Kier molecular flexibility index (Phi) is 5.12. The van der Waals surface area contributed by atoms with Gasteiger partial charge in [0.05, 0.1) is 9.82 Å². The molecule has 0 aliphatic carbocycles. The van der Waals surface area contributed by atoms with Gasteiger partial charge in [-0.05, 0) is 24.6 Å². The zero-order valence-electron chi connectivity index (χ0n) is 12.4. The van der Waals surface area contributed by atoms with E-state index in [-0.39, 0.29) is 10.6 Å². The first-order valence-corrected chi connectivity index (χ1v) is 8.44. The quantitative estimate of drug-likeness (QED) is 0.426. The molecule has 2 rings (SSSR count). The summed E-state index contributed by atoms with van der Waals surface area (Å²) in [4.78, 5) is 21.7. The van der Waals surface area contributed by atoms with Gasteiger partial charge < -0.3 is 4.74 Å². The number of ether oxygens (including phenoxy) is 1. The number of rotatable bonds is 7. The molecular weight excluding hydrogens is 324 g/mol. The minimum atomic E-state index is -4.14. The Morgan fingerprint density at radius 1 is 1.30 bits per heavy atom. The molecule has 0 fully saturated rings. The molecule has 0 aromatic heterocycles. The highest BCUT2D eigenvalue weighted by Crippen LogP contribution is 2.25. The Bertz CT molecular complexity index is 726. The number of nitro benzene ring substituents is 1. The van der Waals surface area contributed by atoms with Gasteiger partial charge in [0.1, 0.15) is 0 Å². The molecule has 1 unspecified atom stereocenters. The molecule has 8 nitrogen and oxygen atoms in total. The van der Waals surface area contributed by atoms with E-state index in [1.165, 1.54) is 6.08 Å². The Labute approximate surface area is 133 Å². The van der Waals surface area contributed by atoms with Crippen LogP contribution in [-0.4, -0.2) is 36.4 Å². The van der Waals surface area contributed by atoms with Crippen molar-refractivity contribution in [3.63, 3.8) is 0 Å². The first-order valence-electron chi connectivity index (χ1n) is 7.00. The van der Waals surface area contributed by atoms with E-state index in [4.69, 9.17) is 4.74 Å². The molecule has 1 amide bonds. The number of unbranched alkanes of at least 4 members (excludes halogenated alkanes) is 1. The molecule has 1 aromatic carbocycles. The van der Waals surface area contributed by atoms with E-state index < -0.39 is 27.1 Å². The van der Waals surface area contributed by atoms with Crippen LogP contribution in [0.25, 0.3) is 0 Å². The zero-order chi connectivity index (χ0) is 17.0. The number of amides is 1. The average Bonchev–Trinajstić information content (AvgIpc) is 2.89. The zero-order valence-corrected chi connectivity index (χ0v) is 13.2. The van der Waals surface area contributed by atoms with Crippen molar-refractivity contribution in [1.82, 2.24) is 4.31 Å². The van der Waals surface area contributed by atoms with Crippen molar-refractivity contribution >= 4 is 21.6 Å². The highest BCUT2D eigenvalue weighted by atomic mass is 32.2. The predicted molar refractivity (Wildman–Crippen MR) is 80.9 cm³/mol. The van der Waals surface area contributed by atoms with Crippen molar-refractivity contribution in [3.8, 4) is 0 Å². The molecule has 0 radical (unpaired) electrons. The normalized spacial score (nSPS) is 17.7. The lowest BCUT2D eigenvalue weighted by Gasteiger charge is -2.24. The fraction of sp³-hybridized carbons (Fsp3) is 0.357. The minimum absolute atomic E-state index is 0.204. The topological polar surface area (TPSA) is 107 Å². The van der Waals surface area contributed by atoms with E-state index in [1.807, 2.05) is 6.92 Å². The maximum absolute atomic E-state index is 12.6. The summed E-state index contributed by atoms with van der Waals surface area (Å²) in [5, 5.41) is 10.6. The smallest absolute Gasteiger partial charge is 0.269 e. The molecular formula is C14H16N2O6S. The number of benzene rings is 1. The lowest BCUT2D eigenvalue weighted by Crippen LogP contribution is -2.40. The molecule has 0 saturated heterocycles. The second-order valence-corrected chi connectivity index (χ2v) is 6.68. The van der Waals surface area contributed by atoms with Gasteiger partial charge in [-0.2, -0.15) is 0 Å². The van der Waals surface area contributed by atoms with Gasteiger partial charge in [-0.3, -0.25) is 14.9 Å². The van der Waals surface area contributed by atoms with Crippen LogP contribution in [-0.2, 0) is 19.6 Å². The van der Waals surface area contributed by atoms with Gasteiger partial charge in [0, 0.05) is 24.8 Å². The van der Waals surface area contributed by atoms with Crippen LogP contribution < -0.4 is 0 Å². The summed E-state index contributed by atoms with van der Waals surface area (Å²) < 4.78 is 31.2. The summed E-state index contributed by atoms with van der Waals surface area (Å²) in [5.41, 5.74) is -0.231. The number of hydrogen-bond donors (Lipinski definition) is 0. The molecule has 9 heteroatoms. The Balaban J connectivity index is 2.25. The number of carbonyl (C=O) groups is 1. The SMILES string of the molecule is CCCCOC1C=CC(=O)N1S(=O)(=O)c1ccc([N+](=O)[O-])cc1. The molecule has 124 valence electrons. The Hall–Kier alpha value is -2.26. The fourth-order valence-corrected chi connectivity index (χ4v) is 3.43. The fourth-order valence-electron chi connectivity index (χ4n) is 2.02. The molecule has 1 atom stereocenters. The third-order valence-electron chi connectivity index (χ3n) is 3.24. The highest BCUT2D eigenvalue weighted by Gasteiger charge is 2.37. The lowest BCUT2D eigenvalue weighted by molar-refractivity contribution is -0.384. The standard InChI is InChI=1S/C14H16N2O6S/c1-2-3-10-22-14-9-8-13(17)15(14)23(20,21)12-6-4-11(5-7-12)16(18)19/h4-9,14H,2-3,10H2,1H3. The van der Waals surface area contributed by atoms with Crippen molar-refractivity contribution in [2.24, 2.45) is 0 Å². The van der Waals surface area contributed by atoms with Crippen molar-refractivity contribution in [3.05, 3.63) is 46.5 Å². The van der Waals surface area contributed by atoms with Gasteiger partial charge in [-0.15, -0.1) is 0 Å². The number of nitro groups is 1. The van der Waals surface area contributed by atoms with Gasteiger partial charge in [0.15, 0.2) is 6.23 Å². The first kappa shape index (κ1) is 17.1. The lowest BCUT2D eigenvalue weighted by atomic mass is 10.3. The maximum Gasteiger partial charge on any atom is 0.269 e. The maximum atomic E-state index is 12.6. The van der Waals surface area contributed by atoms with E-state index >= 15 is 0 Å². The van der Waals surface area contributed by atoms with Crippen molar-refractivity contribution < 1.29 is 22.9 Å². The van der Waals surface area contributed by atoms with Crippen LogP contribution in [0, 0.1) is 10.1 Å². The monoisotopic (exact) mass is 340 g/mol. The number of nitrogens with zero attached hydrogens (tertiary/aromatic N) is 2. The van der Waals surface area contributed by atoms with E-state index in [9.17, 15) is 23.3 Å². The van der Waals surface area contributed by atoms with Crippen LogP contribution in [0.1, 0.15) is 19.8 Å². The van der Waals surface area contributed by atoms with Crippen LogP contribution >= 0.6 is 0 Å². The molecule has 0 N–H and O–H groups in total. The Morgan fingerprint density at radius 3 is 2.52 bits per heavy atom. The number of hydrogen-bond acceptors (Lipinski definition) is 6. The summed E-state index contributed by atoms with van der Waals surface area (Å²) in [6.07, 6.45) is 3.14. The van der Waals surface area contributed by atoms with Gasteiger partial charge in [0.2, 0.25) is 0 Å². The van der Waals surface area contributed by atoms with Crippen molar-refractivity contribution in [2.45, 2.75) is 30.9 Å². The number of carbonyl (C=O) groups excluding carboxylic acids is 1. The van der Waals surface area contributed by atoms with E-state index in [1.54, 1.807) is 0 Å². The molecule has 1 aliphatic heterocycles. The van der Waals surface area contributed by atoms with Crippen LogP contribution in [0.15, 0.2) is 41.3 Å². The van der Waals surface area contributed by atoms with E-state index in [0.29, 0.717) is 10.9 Å². The summed E-state index contributed by atoms with van der Waals surface area (Å²) in [6, 6.07) is 4.35. The minimum Gasteiger partial charge on any atom is -0.353 e. The largest absolute Gasteiger partial charge is 0.353 e. The van der Waals surface area contributed by atoms with Crippen molar-refractivity contribution in [1.29, 1.82) is 0 Å². The molecule has 1 aliphatic rings. The molecule has 1 heterocycles. The second-order valence-electron chi connectivity index (χ2n) is 4.86. The first-order chi connectivity index (χ1) is 10.9. The van der Waals surface area contributed by atoms with Gasteiger partial charge in [0.25, 0.3) is 21.6 Å². The third-order valence-corrected chi connectivity index (χ3v) is 5.02. The highest BCUT2D eigenvalue weighted by molar-refractivity contribution is 7.89. The van der Waals surface area contributed by atoms with Crippen LogP contribution in [0.3, 0.4) is 0 Å². The number of sulfonamides is 1. The van der Waals surface area contributed by atoms with Crippen LogP contribution in [0.4, 0.5) is 5.69 Å². The second kappa shape index (κ2) is 6.88. The summed E-state index contributed by atoms with van der Waals surface area (Å²) in [5.74, 6) is -0.704. The molecule has 1 aromatic rings.